The van der Waals surface area contributed by atoms with Gasteiger partial charge in [0.1, 0.15) is 5.54 Å². The Kier molecular flexibility index (Phi) is 4.29. The number of rotatable bonds is 5. The first-order valence-corrected chi connectivity index (χ1v) is 6.72. The van der Waals surface area contributed by atoms with Gasteiger partial charge in [-0.3, -0.25) is 9.69 Å². The van der Waals surface area contributed by atoms with Crippen molar-refractivity contribution in [2.24, 2.45) is 0 Å². The van der Waals surface area contributed by atoms with E-state index in [0.29, 0.717) is 22.3 Å². The van der Waals surface area contributed by atoms with E-state index in [0.717, 1.165) is 0 Å². The van der Waals surface area contributed by atoms with E-state index in [-0.39, 0.29) is 6.54 Å². The van der Waals surface area contributed by atoms with Gasteiger partial charge < -0.3 is 9.63 Å². The molecule has 0 amide bonds. The van der Waals surface area contributed by atoms with Crippen molar-refractivity contribution in [1.29, 1.82) is 0 Å². The molecule has 0 bridgehead atoms. The topological polar surface area (TPSA) is 79.5 Å². The summed E-state index contributed by atoms with van der Waals surface area (Å²) in [6.45, 7) is 3.46. The Morgan fingerprint density at radius 1 is 1.43 bits per heavy atom. The van der Waals surface area contributed by atoms with Crippen molar-refractivity contribution in [3.63, 3.8) is 0 Å². The van der Waals surface area contributed by atoms with Crippen LogP contribution in [0.3, 0.4) is 0 Å². The number of hydrogen-bond donors (Lipinski definition) is 1. The van der Waals surface area contributed by atoms with Gasteiger partial charge in [-0.15, -0.1) is 0 Å². The Morgan fingerprint density at radius 3 is 2.71 bits per heavy atom. The van der Waals surface area contributed by atoms with E-state index in [1.165, 1.54) is 0 Å². The zero-order valence-corrected chi connectivity index (χ0v) is 12.8. The molecule has 0 saturated heterocycles. The minimum atomic E-state index is -1.03. The number of likely N-dealkylation sites (N-methyl/N-ethyl adjacent to an activating group) is 1. The van der Waals surface area contributed by atoms with Crippen LogP contribution in [0.4, 0.5) is 0 Å². The van der Waals surface area contributed by atoms with Crippen LogP contribution in [0, 0.1) is 0 Å². The van der Waals surface area contributed by atoms with Crippen LogP contribution in [-0.2, 0) is 11.3 Å². The summed E-state index contributed by atoms with van der Waals surface area (Å²) in [6.07, 6.45) is 0. The van der Waals surface area contributed by atoms with Gasteiger partial charge in [0.25, 0.3) is 0 Å². The quantitative estimate of drug-likeness (QED) is 0.914. The lowest BCUT2D eigenvalue weighted by Crippen LogP contribution is -2.47. The molecule has 0 atom stereocenters. The number of aromatic nitrogens is 2. The summed E-state index contributed by atoms with van der Waals surface area (Å²) in [5.74, 6) is -0.199. The number of carboxylic acids is 1. The summed E-state index contributed by atoms with van der Waals surface area (Å²) >= 11 is 6.08. The summed E-state index contributed by atoms with van der Waals surface area (Å²) in [4.78, 5) is 17.1. The summed E-state index contributed by atoms with van der Waals surface area (Å²) < 4.78 is 5.17. The van der Waals surface area contributed by atoms with E-state index in [1.54, 1.807) is 37.9 Å². The molecule has 0 aliphatic carbocycles. The molecule has 0 spiro atoms. The number of nitrogens with zero attached hydrogens (tertiary/aromatic N) is 3. The zero-order chi connectivity index (χ0) is 15.6. The lowest BCUT2D eigenvalue weighted by atomic mass is 10.0. The molecule has 21 heavy (non-hydrogen) atoms. The first kappa shape index (κ1) is 15.5. The molecule has 1 aromatic carbocycles. The van der Waals surface area contributed by atoms with Crippen molar-refractivity contribution in [1.82, 2.24) is 15.0 Å². The molecule has 0 unspecified atom stereocenters. The van der Waals surface area contributed by atoms with Crippen molar-refractivity contribution < 1.29 is 14.4 Å². The van der Waals surface area contributed by atoms with E-state index in [2.05, 4.69) is 10.1 Å². The molecule has 7 heteroatoms. The average molecular weight is 310 g/mol. The zero-order valence-electron chi connectivity index (χ0n) is 12.0. The van der Waals surface area contributed by atoms with Crippen molar-refractivity contribution in [2.45, 2.75) is 25.9 Å². The van der Waals surface area contributed by atoms with Crippen molar-refractivity contribution in [3.8, 4) is 11.4 Å². The third-order valence-corrected chi connectivity index (χ3v) is 3.76. The fourth-order valence-electron chi connectivity index (χ4n) is 1.63. The van der Waals surface area contributed by atoms with Crippen LogP contribution in [0.1, 0.15) is 19.7 Å². The Bertz CT molecular complexity index is 654. The predicted molar refractivity (Wildman–Crippen MR) is 77.9 cm³/mol. The van der Waals surface area contributed by atoms with Gasteiger partial charge in [0.15, 0.2) is 0 Å². The highest BCUT2D eigenvalue weighted by atomic mass is 35.5. The van der Waals surface area contributed by atoms with E-state index in [9.17, 15) is 9.90 Å². The van der Waals surface area contributed by atoms with Crippen LogP contribution in [0.25, 0.3) is 11.4 Å². The van der Waals surface area contributed by atoms with Crippen LogP contribution in [0.15, 0.2) is 28.8 Å². The Labute approximate surface area is 127 Å². The van der Waals surface area contributed by atoms with E-state index < -0.39 is 11.5 Å². The van der Waals surface area contributed by atoms with Crippen LogP contribution in [0.2, 0.25) is 5.02 Å². The molecule has 112 valence electrons. The first-order chi connectivity index (χ1) is 9.82. The Morgan fingerprint density at radius 2 is 2.10 bits per heavy atom. The highest BCUT2D eigenvalue weighted by Gasteiger charge is 2.33. The standard InChI is InChI=1S/C14H16ClN3O3/c1-14(2,13(19)20)18(3)8-11-16-12(17-21-11)9-6-4-5-7-10(9)15/h4-7H,8H2,1-3H3,(H,19,20). The third kappa shape index (κ3) is 3.22. The van der Waals surface area contributed by atoms with Gasteiger partial charge >= 0.3 is 5.97 Å². The Balaban J connectivity index is 2.18. The van der Waals surface area contributed by atoms with E-state index >= 15 is 0 Å². The SMILES string of the molecule is CN(Cc1nc(-c2ccccc2Cl)no1)C(C)(C)C(=O)O. The summed E-state index contributed by atoms with van der Waals surface area (Å²) in [5, 5.41) is 13.6. The van der Waals surface area contributed by atoms with Gasteiger partial charge in [-0.1, -0.05) is 28.9 Å². The number of carbonyl (C=O) groups is 1. The number of halogens is 1. The van der Waals surface area contributed by atoms with Crippen molar-refractivity contribution in [3.05, 3.63) is 35.2 Å². The van der Waals surface area contributed by atoms with Gasteiger partial charge in [0.05, 0.1) is 11.6 Å². The van der Waals surface area contributed by atoms with E-state index in [1.807, 2.05) is 12.1 Å². The summed E-state index contributed by atoms with van der Waals surface area (Å²) in [7, 11) is 1.69. The molecular formula is C14H16ClN3O3. The average Bonchev–Trinajstić information content (AvgIpc) is 2.87. The predicted octanol–water partition coefficient (Wildman–Crippen LogP) is 2.68. The maximum atomic E-state index is 11.2. The fraction of sp³-hybridized carbons (Fsp3) is 0.357. The minimum absolute atomic E-state index is 0.233. The van der Waals surface area contributed by atoms with Crippen LogP contribution in [0.5, 0.6) is 0 Å². The van der Waals surface area contributed by atoms with Gasteiger partial charge in [0.2, 0.25) is 11.7 Å². The molecule has 0 aliphatic heterocycles. The van der Waals surface area contributed by atoms with Crippen molar-refractivity contribution >= 4 is 17.6 Å². The maximum absolute atomic E-state index is 11.2. The highest BCUT2D eigenvalue weighted by Crippen LogP contribution is 2.25. The van der Waals surface area contributed by atoms with Crippen molar-refractivity contribution in [2.75, 3.05) is 7.05 Å². The largest absolute Gasteiger partial charge is 0.480 e. The molecule has 0 fully saturated rings. The summed E-state index contributed by atoms with van der Waals surface area (Å²) in [5.41, 5.74) is -0.353. The second kappa shape index (κ2) is 5.83. The number of carboxylic acid groups (broad SMARTS) is 1. The molecule has 1 N–H and O–H groups in total. The molecule has 1 heterocycles. The number of hydrogen-bond acceptors (Lipinski definition) is 5. The number of aliphatic carboxylic acids is 1. The lowest BCUT2D eigenvalue weighted by Gasteiger charge is -2.29. The third-order valence-electron chi connectivity index (χ3n) is 3.43. The Hall–Kier alpha value is -1.92. The molecule has 0 aliphatic rings. The monoisotopic (exact) mass is 309 g/mol. The first-order valence-electron chi connectivity index (χ1n) is 6.34. The minimum Gasteiger partial charge on any atom is -0.480 e. The van der Waals surface area contributed by atoms with E-state index in [4.69, 9.17) is 16.1 Å². The second-order valence-corrected chi connectivity index (χ2v) is 5.62. The van der Waals surface area contributed by atoms with Gasteiger partial charge in [-0.05, 0) is 33.0 Å². The molecule has 2 aromatic rings. The highest BCUT2D eigenvalue weighted by molar-refractivity contribution is 6.33. The van der Waals surface area contributed by atoms with Crippen LogP contribution in [-0.4, -0.2) is 38.7 Å². The molecule has 2 rings (SSSR count). The number of benzene rings is 1. The van der Waals surface area contributed by atoms with Crippen LogP contribution >= 0.6 is 11.6 Å². The normalized spacial score (nSPS) is 11.9. The molecule has 1 aromatic heterocycles. The van der Waals surface area contributed by atoms with Gasteiger partial charge in [-0.2, -0.15) is 4.98 Å². The maximum Gasteiger partial charge on any atom is 0.323 e. The molecule has 0 radical (unpaired) electrons. The smallest absolute Gasteiger partial charge is 0.323 e. The molecule has 6 nitrogen and oxygen atoms in total. The molecular weight excluding hydrogens is 294 g/mol. The molecule has 0 saturated carbocycles. The van der Waals surface area contributed by atoms with Gasteiger partial charge in [0, 0.05) is 5.56 Å². The summed E-state index contributed by atoms with van der Waals surface area (Å²) in [6, 6.07) is 7.18. The van der Waals surface area contributed by atoms with Crippen LogP contribution < -0.4 is 0 Å². The fourth-order valence-corrected chi connectivity index (χ4v) is 1.86. The lowest BCUT2D eigenvalue weighted by molar-refractivity contribution is -0.149. The van der Waals surface area contributed by atoms with Gasteiger partial charge in [-0.25, -0.2) is 0 Å². The second-order valence-electron chi connectivity index (χ2n) is 5.21.